The molecule has 0 aliphatic carbocycles. The molecule has 0 saturated heterocycles. The molecule has 3 heteroatoms. The van der Waals surface area contributed by atoms with Crippen LogP contribution >= 0.6 is 11.8 Å². The molecule has 0 N–H and O–H groups in total. The van der Waals surface area contributed by atoms with Crippen LogP contribution in [0.1, 0.15) is 27.0 Å². The fourth-order valence-electron chi connectivity index (χ4n) is 2.65. The first kappa shape index (κ1) is 15.8. The van der Waals surface area contributed by atoms with Crippen LogP contribution in [-0.4, -0.2) is 16.5 Å². The van der Waals surface area contributed by atoms with Crippen molar-refractivity contribution in [3.8, 4) is 0 Å². The SMILES string of the molecule is Cc1ccc(C)c(C(=O)CSc2cc(C)c3ccccc3n2)c1. The van der Waals surface area contributed by atoms with Gasteiger partial charge in [0.15, 0.2) is 5.78 Å². The van der Waals surface area contributed by atoms with Crippen molar-refractivity contribution in [1.82, 2.24) is 4.98 Å². The highest BCUT2D eigenvalue weighted by Gasteiger charge is 2.11. The number of fused-ring (bicyclic) bond motifs is 1. The van der Waals surface area contributed by atoms with E-state index in [0.717, 1.165) is 32.6 Å². The van der Waals surface area contributed by atoms with Gasteiger partial charge >= 0.3 is 0 Å². The average Bonchev–Trinajstić information content (AvgIpc) is 2.55. The number of hydrogen-bond donors (Lipinski definition) is 0. The van der Waals surface area contributed by atoms with Gasteiger partial charge in [-0.05, 0) is 50.1 Å². The lowest BCUT2D eigenvalue weighted by Gasteiger charge is -2.08. The zero-order valence-corrected chi connectivity index (χ0v) is 14.4. The van der Waals surface area contributed by atoms with Gasteiger partial charge in [-0.15, -0.1) is 0 Å². The van der Waals surface area contributed by atoms with Crippen molar-refractivity contribution in [3.05, 3.63) is 70.8 Å². The summed E-state index contributed by atoms with van der Waals surface area (Å²) >= 11 is 1.51. The van der Waals surface area contributed by atoms with E-state index in [1.54, 1.807) is 0 Å². The molecule has 3 aromatic rings. The van der Waals surface area contributed by atoms with E-state index in [9.17, 15) is 4.79 Å². The van der Waals surface area contributed by atoms with Gasteiger partial charge in [-0.25, -0.2) is 4.98 Å². The Hall–Kier alpha value is -2.13. The number of ketones is 1. The molecule has 0 aliphatic heterocycles. The molecule has 0 atom stereocenters. The lowest BCUT2D eigenvalue weighted by molar-refractivity contribution is 0.102. The molecule has 116 valence electrons. The highest BCUT2D eigenvalue weighted by Crippen LogP contribution is 2.24. The van der Waals surface area contributed by atoms with Crippen LogP contribution in [0.4, 0.5) is 0 Å². The molecule has 3 rings (SSSR count). The number of thioether (sulfide) groups is 1. The topological polar surface area (TPSA) is 30.0 Å². The van der Waals surface area contributed by atoms with Crippen LogP contribution < -0.4 is 0 Å². The number of pyridine rings is 1. The summed E-state index contributed by atoms with van der Waals surface area (Å²) in [5.74, 6) is 0.568. The van der Waals surface area contributed by atoms with Gasteiger partial charge in [-0.2, -0.15) is 0 Å². The molecule has 0 bridgehead atoms. The van der Waals surface area contributed by atoms with Gasteiger partial charge < -0.3 is 0 Å². The smallest absolute Gasteiger partial charge is 0.173 e. The highest BCUT2D eigenvalue weighted by molar-refractivity contribution is 7.99. The number of aromatic nitrogens is 1. The Morgan fingerprint density at radius 2 is 1.78 bits per heavy atom. The molecule has 0 amide bonds. The minimum atomic E-state index is 0.156. The Bertz CT molecular complexity index is 886. The second kappa shape index (κ2) is 6.55. The van der Waals surface area contributed by atoms with E-state index in [2.05, 4.69) is 24.0 Å². The van der Waals surface area contributed by atoms with Crippen LogP contribution in [0.5, 0.6) is 0 Å². The summed E-state index contributed by atoms with van der Waals surface area (Å²) in [7, 11) is 0. The van der Waals surface area contributed by atoms with Crippen molar-refractivity contribution in [3.63, 3.8) is 0 Å². The van der Waals surface area contributed by atoms with Crippen LogP contribution in [0, 0.1) is 20.8 Å². The van der Waals surface area contributed by atoms with Gasteiger partial charge in [-0.1, -0.05) is 47.7 Å². The van der Waals surface area contributed by atoms with Crippen molar-refractivity contribution < 1.29 is 4.79 Å². The molecular weight excluding hydrogens is 302 g/mol. The first-order chi connectivity index (χ1) is 11.0. The van der Waals surface area contributed by atoms with Crippen LogP contribution in [-0.2, 0) is 0 Å². The molecule has 0 saturated carbocycles. The van der Waals surface area contributed by atoms with Gasteiger partial charge in [0.05, 0.1) is 16.3 Å². The van der Waals surface area contributed by atoms with Crippen molar-refractivity contribution >= 4 is 28.4 Å². The van der Waals surface area contributed by atoms with Crippen LogP contribution in [0.25, 0.3) is 10.9 Å². The van der Waals surface area contributed by atoms with E-state index in [1.807, 2.05) is 50.2 Å². The maximum Gasteiger partial charge on any atom is 0.173 e. The zero-order valence-electron chi connectivity index (χ0n) is 13.6. The summed E-state index contributed by atoms with van der Waals surface area (Å²) in [5.41, 5.74) is 5.13. The number of Topliss-reactive ketones (excluding diaryl/α,β-unsaturated/α-hetero) is 1. The summed E-state index contributed by atoms with van der Waals surface area (Å²) < 4.78 is 0. The second-order valence-electron chi connectivity index (χ2n) is 5.82. The van der Waals surface area contributed by atoms with Crippen LogP contribution in [0.15, 0.2) is 53.6 Å². The van der Waals surface area contributed by atoms with Crippen molar-refractivity contribution in [2.75, 3.05) is 5.75 Å². The normalized spacial score (nSPS) is 10.9. The largest absolute Gasteiger partial charge is 0.293 e. The second-order valence-corrected chi connectivity index (χ2v) is 6.82. The molecule has 0 spiro atoms. The molecule has 1 aromatic heterocycles. The van der Waals surface area contributed by atoms with Crippen LogP contribution in [0.2, 0.25) is 0 Å². The lowest BCUT2D eigenvalue weighted by Crippen LogP contribution is -2.05. The molecule has 0 fully saturated rings. The van der Waals surface area contributed by atoms with Gasteiger partial charge in [0.25, 0.3) is 0 Å². The van der Waals surface area contributed by atoms with Gasteiger partial charge in [0.2, 0.25) is 0 Å². The third-order valence-electron chi connectivity index (χ3n) is 3.94. The number of carbonyl (C=O) groups excluding carboxylic acids is 1. The summed E-state index contributed by atoms with van der Waals surface area (Å²) in [6, 6.07) is 16.2. The molecular formula is C20H19NOS. The maximum atomic E-state index is 12.5. The number of aryl methyl sites for hydroxylation is 3. The molecule has 2 aromatic carbocycles. The van der Waals surface area contributed by atoms with Crippen molar-refractivity contribution in [2.45, 2.75) is 25.8 Å². The van der Waals surface area contributed by atoms with E-state index in [4.69, 9.17) is 0 Å². The zero-order chi connectivity index (χ0) is 16.4. The fourth-order valence-corrected chi connectivity index (χ4v) is 3.50. The first-order valence-corrected chi connectivity index (χ1v) is 8.63. The highest BCUT2D eigenvalue weighted by atomic mass is 32.2. The summed E-state index contributed by atoms with van der Waals surface area (Å²) in [6.45, 7) is 6.08. The Balaban J connectivity index is 1.80. The predicted octanol–water partition coefficient (Wildman–Crippen LogP) is 5.14. The van der Waals surface area contributed by atoms with Gasteiger partial charge in [-0.3, -0.25) is 4.79 Å². The molecule has 0 aliphatic rings. The number of hydrogen-bond acceptors (Lipinski definition) is 3. The Morgan fingerprint density at radius 3 is 2.61 bits per heavy atom. The first-order valence-electron chi connectivity index (χ1n) is 7.64. The fraction of sp³-hybridized carbons (Fsp3) is 0.200. The minimum absolute atomic E-state index is 0.156. The molecule has 1 heterocycles. The van der Waals surface area contributed by atoms with E-state index < -0.39 is 0 Å². The molecule has 2 nitrogen and oxygen atoms in total. The number of nitrogens with zero attached hydrogens (tertiary/aromatic N) is 1. The number of rotatable bonds is 4. The van der Waals surface area contributed by atoms with Gasteiger partial charge in [0, 0.05) is 10.9 Å². The Labute approximate surface area is 140 Å². The summed E-state index contributed by atoms with van der Waals surface area (Å²) in [5, 5.41) is 2.07. The monoisotopic (exact) mass is 321 g/mol. The molecule has 23 heavy (non-hydrogen) atoms. The van der Waals surface area contributed by atoms with Crippen molar-refractivity contribution in [2.24, 2.45) is 0 Å². The van der Waals surface area contributed by atoms with E-state index in [0.29, 0.717) is 5.75 Å². The predicted molar refractivity (Wildman–Crippen MR) is 97.5 cm³/mol. The third kappa shape index (κ3) is 3.45. The average molecular weight is 321 g/mol. The van der Waals surface area contributed by atoms with E-state index >= 15 is 0 Å². The minimum Gasteiger partial charge on any atom is -0.293 e. The van der Waals surface area contributed by atoms with Crippen LogP contribution in [0.3, 0.4) is 0 Å². The number of carbonyl (C=O) groups is 1. The summed E-state index contributed by atoms with van der Waals surface area (Å²) in [6.07, 6.45) is 0. The standard InChI is InChI=1S/C20H19NOS/c1-13-8-9-14(2)17(10-13)19(22)12-23-20-11-15(3)16-6-4-5-7-18(16)21-20/h4-11H,12H2,1-3H3. The molecule has 0 radical (unpaired) electrons. The van der Waals surface area contributed by atoms with E-state index in [-0.39, 0.29) is 5.78 Å². The number of para-hydroxylation sites is 1. The third-order valence-corrected chi connectivity index (χ3v) is 4.86. The van der Waals surface area contributed by atoms with Crippen molar-refractivity contribution in [1.29, 1.82) is 0 Å². The van der Waals surface area contributed by atoms with E-state index in [1.165, 1.54) is 17.3 Å². The number of benzene rings is 2. The summed E-state index contributed by atoms with van der Waals surface area (Å²) in [4.78, 5) is 17.1. The lowest BCUT2D eigenvalue weighted by atomic mass is 10.0. The maximum absolute atomic E-state index is 12.5. The quantitative estimate of drug-likeness (QED) is 0.492. The molecule has 0 unspecified atom stereocenters. The Kier molecular flexibility index (Phi) is 4.49. The van der Waals surface area contributed by atoms with Gasteiger partial charge in [0.1, 0.15) is 0 Å². The Morgan fingerprint density at radius 1 is 1.00 bits per heavy atom.